The number of esters is 2. The summed E-state index contributed by atoms with van der Waals surface area (Å²) < 4.78 is 34.3. The number of nitrogens with zero attached hydrogens (tertiary/aromatic N) is 1. The third-order valence-corrected chi connectivity index (χ3v) is 10.7. The summed E-state index contributed by atoms with van der Waals surface area (Å²) in [4.78, 5) is 35.4. The van der Waals surface area contributed by atoms with Gasteiger partial charge in [0.1, 0.15) is 19.8 Å². The van der Waals surface area contributed by atoms with Gasteiger partial charge in [-0.25, -0.2) is 4.57 Å². The van der Waals surface area contributed by atoms with Crippen molar-refractivity contribution in [2.45, 2.75) is 187 Å². The third-order valence-electron chi connectivity index (χ3n) is 9.73. The Morgan fingerprint density at radius 3 is 1.52 bits per heavy atom. The highest BCUT2D eigenvalue weighted by Crippen LogP contribution is 2.43. The number of carbonyl (C=O) groups is 2. The average Bonchev–Trinajstić information content (AvgIpc) is 3.20. The van der Waals surface area contributed by atoms with Gasteiger partial charge in [-0.2, -0.15) is 0 Å². The van der Waals surface area contributed by atoms with Crippen molar-refractivity contribution in [3.63, 3.8) is 0 Å². The first-order valence-electron chi connectivity index (χ1n) is 23.7. The number of likely N-dealkylation sites (N-methyl/N-ethyl adjacent to an activating group) is 1. The molecule has 0 aromatic carbocycles. The van der Waals surface area contributed by atoms with Gasteiger partial charge >= 0.3 is 19.8 Å². The van der Waals surface area contributed by atoms with Gasteiger partial charge in [0.2, 0.25) is 0 Å². The summed E-state index contributed by atoms with van der Waals surface area (Å²) >= 11 is 0. The number of aliphatic hydroxyl groups excluding tert-OH is 1. The smallest absolute Gasteiger partial charge is 0.462 e. The van der Waals surface area contributed by atoms with Crippen LogP contribution in [-0.4, -0.2) is 86.1 Å². The molecule has 61 heavy (non-hydrogen) atoms. The summed E-state index contributed by atoms with van der Waals surface area (Å²) in [7, 11) is 1.41. The molecule has 352 valence electrons. The van der Waals surface area contributed by atoms with Crippen LogP contribution in [0.15, 0.2) is 72.9 Å². The molecule has 0 radical (unpaired) electrons. The highest BCUT2D eigenvalue weighted by atomic mass is 31.2. The molecular weight excluding hydrogens is 790 g/mol. The molecule has 0 bridgehead atoms. The van der Waals surface area contributed by atoms with Crippen LogP contribution in [0.25, 0.3) is 0 Å². The highest BCUT2D eigenvalue weighted by Gasteiger charge is 2.27. The lowest BCUT2D eigenvalue weighted by Crippen LogP contribution is -2.37. The molecule has 10 nitrogen and oxygen atoms in total. The number of hydrogen-bond donors (Lipinski definition) is 2. The molecule has 0 saturated heterocycles. The molecule has 0 heterocycles. The zero-order valence-electron chi connectivity index (χ0n) is 39.2. The Kier molecular flexibility index (Phi) is 39.7. The zero-order chi connectivity index (χ0) is 45.1. The molecule has 1 unspecified atom stereocenters. The number of allylic oxidation sites excluding steroid dienone is 12. The van der Waals surface area contributed by atoms with E-state index >= 15 is 0 Å². The van der Waals surface area contributed by atoms with Gasteiger partial charge in [-0.1, -0.05) is 138 Å². The van der Waals surface area contributed by atoms with Crippen LogP contribution in [0.5, 0.6) is 0 Å². The minimum atomic E-state index is -4.40. The molecule has 11 heteroatoms. The van der Waals surface area contributed by atoms with E-state index < -0.39 is 32.5 Å². The maximum absolute atomic E-state index is 12.7. The fraction of sp³-hybridized carbons (Fsp3) is 0.720. The second kappa shape index (κ2) is 41.4. The van der Waals surface area contributed by atoms with E-state index in [0.717, 1.165) is 77.0 Å². The molecule has 0 aromatic heterocycles. The van der Waals surface area contributed by atoms with Gasteiger partial charge in [0.25, 0.3) is 0 Å². The number of aliphatic hydroxyl groups is 1. The van der Waals surface area contributed by atoms with E-state index in [1.807, 2.05) is 34.1 Å². The van der Waals surface area contributed by atoms with E-state index in [9.17, 15) is 24.2 Å². The van der Waals surface area contributed by atoms with Crippen LogP contribution in [0.1, 0.15) is 174 Å². The quantitative estimate of drug-likeness (QED) is 0.0202. The van der Waals surface area contributed by atoms with Crippen LogP contribution in [-0.2, 0) is 32.7 Å². The Morgan fingerprint density at radius 1 is 0.574 bits per heavy atom. The topological polar surface area (TPSA) is 129 Å². The van der Waals surface area contributed by atoms with Crippen molar-refractivity contribution in [1.29, 1.82) is 0 Å². The number of hydrogen-bond acceptors (Lipinski definition) is 8. The van der Waals surface area contributed by atoms with E-state index in [2.05, 4.69) is 73.8 Å². The maximum Gasteiger partial charge on any atom is 0.472 e. The van der Waals surface area contributed by atoms with Crippen LogP contribution in [0.4, 0.5) is 0 Å². The summed E-state index contributed by atoms with van der Waals surface area (Å²) in [5, 5.41) is 9.29. The predicted molar refractivity (Wildman–Crippen MR) is 253 cm³/mol. The molecular formula is C50H89NO9P+. The number of quaternary nitrogens is 1. The normalized spacial score (nSPS) is 14.7. The van der Waals surface area contributed by atoms with Gasteiger partial charge in [0.05, 0.1) is 33.9 Å². The highest BCUT2D eigenvalue weighted by molar-refractivity contribution is 7.47. The first-order chi connectivity index (χ1) is 29.3. The standard InChI is InChI=1S/C50H88NO9P/c1-6-7-8-9-10-11-12-13-14-15-16-17-20-23-26-29-32-35-38-41-49(53)57-45-48(46-59-61(55,56)58-44-43-51(3,4)5)60-50(54)42-39-36-33-30-27-24-21-18-19-22-25-28-31-34-37-40-47(2)52/h10-11,13-14,19,21-22,24,28,30-31,33,47-48,52H,6-9,12,15-18,20,23,25-27,29,32,34-46H2,1-5H3/p+1/b11-10-,14-13-,22-19-,24-21-,31-28-,33-30-/t47-,48+/m0/s1. The number of phosphoric acid groups is 1. The fourth-order valence-electron chi connectivity index (χ4n) is 6.00. The molecule has 3 atom stereocenters. The fourth-order valence-corrected chi connectivity index (χ4v) is 6.74. The monoisotopic (exact) mass is 879 g/mol. The minimum absolute atomic E-state index is 0.0117. The number of unbranched alkanes of at least 4 members (excludes halogenated alkanes) is 14. The van der Waals surface area contributed by atoms with Crippen molar-refractivity contribution in [2.75, 3.05) is 47.5 Å². The summed E-state index contributed by atoms with van der Waals surface area (Å²) in [6.07, 6.45) is 49.4. The number of phosphoric ester groups is 1. The molecule has 2 N–H and O–H groups in total. The van der Waals surface area contributed by atoms with Crippen molar-refractivity contribution in [3.05, 3.63) is 72.9 Å². The maximum atomic E-state index is 12.7. The van der Waals surface area contributed by atoms with E-state index in [1.54, 1.807) is 0 Å². The SMILES string of the molecule is CCCCC/C=C\C/C=C\CCCCCCCCCCCC(=O)OC[C@H](COP(=O)(O)OCC[N+](C)(C)C)OC(=O)CCC/C=C\C/C=C\C/C=C\C/C=C\CCC[C@H](C)O. The van der Waals surface area contributed by atoms with Crippen LogP contribution in [0, 0.1) is 0 Å². The molecule has 0 rings (SSSR count). The number of rotatable bonds is 42. The van der Waals surface area contributed by atoms with Gasteiger partial charge in [0.15, 0.2) is 6.10 Å². The van der Waals surface area contributed by atoms with Crippen LogP contribution >= 0.6 is 7.82 Å². The summed E-state index contributed by atoms with van der Waals surface area (Å²) in [6, 6.07) is 0. The Hall–Kier alpha value is -2.59. The van der Waals surface area contributed by atoms with Crippen LogP contribution in [0.3, 0.4) is 0 Å². The van der Waals surface area contributed by atoms with Gasteiger partial charge in [-0.15, -0.1) is 0 Å². The first-order valence-corrected chi connectivity index (χ1v) is 25.2. The van der Waals surface area contributed by atoms with Gasteiger partial charge in [-0.3, -0.25) is 18.6 Å². The van der Waals surface area contributed by atoms with E-state index in [4.69, 9.17) is 18.5 Å². The summed E-state index contributed by atoms with van der Waals surface area (Å²) in [5.74, 6) is -0.890. The molecule has 0 amide bonds. The van der Waals surface area contributed by atoms with Gasteiger partial charge in [0, 0.05) is 12.8 Å². The predicted octanol–water partition coefficient (Wildman–Crippen LogP) is 12.8. The zero-order valence-corrected chi connectivity index (χ0v) is 40.1. The first kappa shape index (κ1) is 58.4. The Balaban J connectivity index is 4.41. The van der Waals surface area contributed by atoms with E-state index in [1.165, 1.54) is 57.8 Å². The second-order valence-electron chi connectivity index (χ2n) is 17.1. The van der Waals surface area contributed by atoms with Gasteiger partial charge < -0.3 is 24.0 Å². The molecule has 0 aromatic rings. The largest absolute Gasteiger partial charge is 0.472 e. The molecule has 0 aliphatic carbocycles. The summed E-state index contributed by atoms with van der Waals surface area (Å²) in [5.41, 5.74) is 0. The lowest BCUT2D eigenvalue weighted by molar-refractivity contribution is -0.870. The molecule has 0 saturated carbocycles. The number of ether oxygens (including phenoxy) is 2. The van der Waals surface area contributed by atoms with Crippen molar-refractivity contribution in [2.24, 2.45) is 0 Å². The Labute approximate surface area is 372 Å². The van der Waals surface area contributed by atoms with Crippen LogP contribution in [0.2, 0.25) is 0 Å². The molecule has 0 aliphatic heterocycles. The molecule has 0 spiro atoms. The minimum Gasteiger partial charge on any atom is -0.462 e. The lowest BCUT2D eigenvalue weighted by atomic mass is 10.1. The Bertz CT molecular complexity index is 1280. The number of carbonyl (C=O) groups excluding carboxylic acids is 2. The lowest BCUT2D eigenvalue weighted by Gasteiger charge is -2.24. The third kappa shape index (κ3) is 46.7. The van der Waals surface area contributed by atoms with E-state index in [0.29, 0.717) is 23.9 Å². The van der Waals surface area contributed by atoms with Crippen molar-refractivity contribution >= 4 is 19.8 Å². The van der Waals surface area contributed by atoms with Crippen molar-refractivity contribution in [3.8, 4) is 0 Å². The van der Waals surface area contributed by atoms with Crippen LogP contribution < -0.4 is 0 Å². The van der Waals surface area contributed by atoms with E-state index in [-0.39, 0.29) is 32.2 Å². The average molecular weight is 879 g/mol. The molecule has 0 aliphatic rings. The van der Waals surface area contributed by atoms with Crippen molar-refractivity contribution < 1.29 is 47.2 Å². The second-order valence-corrected chi connectivity index (χ2v) is 18.5. The van der Waals surface area contributed by atoms with Gasteiger partial charge in [-0.05, 0) is 96.8 Å². The Morgan fingerprint density at radius 2 is 1.02 bits per heavy atom. The van der Waals surface area contributed by atoms with Crippen molar-refractivity contribution in [1.82, 2.24) is 0 Å². The summed E-state index contributed by atoms with van der Waals surface area (Å²) in [6.45, 7) is 3.86. The molecule has 0 fully saturated rings.